The lowest BCUT2D eigenvalue weighted by atomic mass is 10.1. The predicted octanol–water partition coefficient (Wildman–Crippen LogP) is 5.12. The quantitative estimate of drug-likeness (QED) is 0.556. The molecule has 0 saturated heterocycles. The van der Waals surface area contributed by atoms with Gasteiger partial charge in [-0.15, -0.1) is 11.3 Å². The summed E-state index contributed by atoms with van der Waals surface area (Å²) in [5.74, 6) is 0.174. The third kappa shape index (κ3) is 4.78. The fourth-order valence-electron chi connectivity index (χ4n) is 2.36. The maximum Gasteiger partial charge on any atom is 0.417 e. The molecule has 0 spiro atoms. The highest BCUT2D eigenvalue weighted by Gasteiger charge is 2.36. The number of hydrogen-bond acceptors (Lipinski definition) is 7. The maximum atomic E-state index is 13.5. The summed E-state index contributed by atoms with van der Waals surface area (Å²) in [6.45, 7) is 3.15. The van der Waals surface area contributed by atoms with E-state index in [0.29, 0.717) is 10.6 Å². The Morgan fingerprint density at radius 2 is 2.17 bits per heavy atom. The van der Waals surface area contributed by atoms with Crippen LogP contribution in [0, 0.1) is 18.3 Å². The van der Waals surface area contributed by atoms with Crippen LogP contribution in [0.2, 0.25) is 0 Å². The van der Waals surface area contributed by atoms with Crippen molar-refractivity contribution in [3.8, 4) is 16.6 Å². The minimum absolute atomic E-state index is 0.0913. The molecule has 0 fully saturated rings. The van der Waals surface area contributed by atoms with Crippen molar-refractivity contribution < 1.29 is 22.5 Å². The number of aromatic nitrogens is 2. The number of anilines is 1. The Morgan fingerprint density at radius 1 is 1.41 bits per heavy atom. The van der Waals surface area contributed by atoms with Gasteiger partial charge in [0.1, 0.15) is 16.9 Å². The van der Waals surface area contributed by atoms with Crippen molar-refractivity contribution in [2.75, 3.05) is 5.32 Å². The number of amides is 1. The van der Waals surface area contributed by atoms with E-state index in [4.69, 9.17) is 4.52 Å². The summed E-state index contributed by atoms with van der Waals surface area (Å²) in [7, 11) is 0. The zero-order valence-electron chi connectivity index (χ0n) is 15.1. The molecule has 29 heavy (non-hydrogen) atoms. The van der Waals surface area contributed by atoms with Crippen LogP contribution in [0.15, 0.2) is 39.2 Å². The molecule has 3 heterocycles. The molecule has 1 atom stereocenters. The molecule has 0 aliphatic rings. The average molecular weight is 438 g/mol. The number of carbonyl (C=O) groups excluding carboxylic acids is 1. The highest BCUT2D eigenvalue weighted by atomic mass is 32.2. The normalized spacial score (nSPS) is 12.4. The highest BCUT2D eigenvalue weighted by Crippen LogP contribution is 2.39. The Balaban J connectivity index is 1.95. The average Bonchev–Trinajstić information content (AvgIpc) is 3.32. The summed E-state index contributed by atoms with van der Waals surface area (Å²) in [5, 5.41) is 16.2. The SMILES string of the molecule is Cc1cc(NC(=O)[C@H](C)Sc2nc(-c3cccs3)cc(C(F)(F)F)c2C#N)no1. The molecular weight excluding hydrogens is 425 g/mol. The summed E-state index contributed by atoms with van der Waals surface area (Å²) < 4.78 is 45.5. The molecule has 1 amide bonds. The third-order valence-corrected chi connectivity index (χ3v) is 5.69. The molecule has 150 valence electrons. The van der Waals surface area contributed by atoms with Crippen LogP contribution in [-0.4, -0.2) is 21.3 Å². The van der Waals surface area contributed by atoms with Crippen LogP contribution in [0.1, 0.15) is 23.8 Å². The number of nitrogens with one attached hydrogen (secondary N) is 1. The lowest BCUT2D eigenvalue weighted by Gasteiger charge is -2.16. The number of nitriles is 1. The Bertz CT molecular complexity index is 1070. The van der Waals surface area contributed by atoms with Gasteiger partial charge in [-0.3, -0.25) is 4.79 Å². The second kappa shape index (κ2) is 8.26. The van der Waals surface area contributed by atoms with Crippen molar-refractivity contribution in [3.05, 3.63) is 46.5 Å². The van der Waals surface area contributed by atoms with E-state index in [1.165, 1.54) is 24.3 Å². The zero-order chi connectivity index (χ0) is 21.2. The fourth-order valence-corrected chi connectivity index (χ4v) is 3.97. The van der Waals surface area contributed by atoms with Crippen LogP contribution in [-0.2, 0) is 11.0 Å². The van der Waals surface area contributed by atoms with Gasteiger partial charge in [-0.2, -0.15) is 18.4 Å². The predicted molar refractivity (Wildman–Crippen MR) is 102 cm³/mol. The van der Waals surface area contributed by atoms with Gasteiger partial charge in [0.25, 0.3) is 0 Å². The topological polar surface area (TPSA) is 91.8 Å². The number of alkyl halides is 3. The first-order chi connectivity index (χ1) is 13.7. The lowest BCUT2D eigenvalue weighted by molar-refractivity contribution is -0.138. The highest BCUT2D eigenvalue weighted by molar-refractivity contribution is 8.00. The Kier molecular flexibility index (Phi) is 5.95. The third-order valence-electron chi connectivity index (χ3n) is 3.71. The maximum absolute atomic E-state index is 13.5. The van der Waals surface area contributed by atoms with Crippen molar-refractivity contribution in [2.24, 2.45) is 0 Å². The monoisotopic (exact) mass is 438 g/mol. The number of thioether (sulfide) groups is 1. The van der Waals surface area contributed by atoms with E-state index >= 15 is 0 Å². The molecule has 3 aromatic heterocycles. The largest absolute Gasteiger partial charge is 0.417 e. The summed E-state index contributed by atoms with van der Waals surface area (Å²) >= 11 is 2.00. The molecule has 0 unspecified atom stereocenters. The van der Waals surface area contributed by atoms with Gasteiger partial charge in [0.15, 0.2) is 5.82 Å². The van der Waals surface area contributed by atoms with Crippen molar-refractivity contribution in [1.29, 1.82) is 5.26 Å². The van der Waals surface area contributed by atoms with Crippen LogP contribution in [0.5, 0.6) is 0 Å². The Hall–Kier alpha value is -2.84. The van der Waals surface area contributed by atoms with Gasteiger partial charge in [0, 0.05) is 6.07 Å². The van der Waals surface area contributed by atoms with E-state index in [0.717, 1.165) is 17.8 Å². The number of hydrogen-bond donors (Lipinski definition) is 1. The van der Waals surface area contributed by atoms with Gasteiger partial charge >= 0.3 is 6.18 Å². The first kappa shape index (κ1) is 20.9. The smallest absolute Gasteiger partial charge is 0.360 e. The lowest BCUT2D eigenvalue weighted by Crippen LogP contribution is -2.23. The summed E-state index contributed by atoms with van der Waals surface area (Å²) in [4.78, 5) is 17.1. The van der Waals surface area contributed by atoms with Gasteiger partial charge in [-0.05, 0) is 31.4 Å². The number of thiophene rings is 1. The van der Waals surface area contributed by atoms with Crippen molar-refractivity contribution in [3.63, 3.8) is 0 Å². The minimum Gasteiger partial charge on any atom is -0.360 e. The van der Waals surface area contributed by atoms with Gasteiger partial charge < -0.3 is 9.84 Å². The number of pyridine rings is 1. The van der Waals surface area contributed by atoms with E-state index in [-0.39, 0.29) is 16.5 Å². The molecule has 0 radical (unpaired) electrons. The summed E-state index contributed by atoms with van der Waals surface area (Å²) in [6, 6.07) is 7.27. The van der Waals surface area contributed by atoms with E-state index in [1.54, 1.807) is 30.5 Å². The molecule has 3 rings (SSSR count). The summed E-state index contributed by atoms with van der Waals surface area (Å²) in [5.41, 5.74) is -1.60. The molecule has 11 heteroatoms. The van der Waals surface area contributed by atoms with Crippen molar-refractivity contribution in [2.45, 2.75) is 30.3 Å². The molecule has 6 nitrogen and oxygen atoms in total. The molecular formula is C18H13F3N4O2S2. The van der Waals surface area contributed by atoms with Gasteiger partial charge in [-0.25, -0.2) is 4.98 Å². The molecule has 0 aliphatic heterocycles. The van der Waals surface area contributed by atoms with E-state index < -0.39 is 28.5 Å². The van der Waals surface area contributed by atoms with Gasteiger partial charge in [0.05, 0.1) is 26.9 Å². The molecule has 0 aliphatic carbocycles. The van der Waals surface area contributed by atoms with Crippen LogP contribution in [0.25, 0.3) is 10.6 Å². The molecule has 1 N–H and O–H groups in total. The van der Waals surface area contributed by atoms with E-state index in [9.17, 15) is 23.2 Å². The Morgan fingerprint density at radius 3 is 2.72 bits per heavy atom. The number of halogens is 3. The Labute approximate surface area is 171 Å². The minimum atomic E-state index is -4.74. The van der Waals surface area contributed by atoms with Crippen molar-refractivity contribution >= 4 is 34.8 Å². The van der Waals surface area contributed by atoms with Crippen LogP contribution >= 0.6 is 23.1 Å². The van der Waals surface area contributed by atoms with Crippen LogP contribution in [0.4, 0.5) is 19.0 Å². The number of aryl methyl sites for hydroxylation is 1. The number of nitrogens with zero attached hydrogens (tertiary/aromatic N) is 3. The van der Waals surface area contributed by atoms with Crippen LogP contribution < -0.4 is 5.32 Å². The number of rotatable bonds is 5. The van der Waals surface area contributed by atoms with Gasteiger partial charge in [-0.1, -0.05) is 23.0 Å². The fraction of sp³-hybridized carbons (Fsp3) is 0.222. The summed E-state index contributed by atoms with van der Waals surface area (Å²) in [6.07, 6.45) is -4.74. The second-order valence-corrected chi connectivity index (χ2v) is 8.17. The van der Waals surface area contributed by atoms with E-state index in [1.807, 2.05) is 0 Å². The standard InChI is InChI=1S/C18H13F3N4O2S2/c1-9-6-15(25-27-9)24-16(26)10(2)29-17-11(8-22)12(18(19,20)21)7-13(23-17)14-4-3-5-28-14/h3-7,10H,1-2H3,(H,24,25,26)/t10-/m0/s1. The molecule has 0 aromatic carbocycles. The van der Waals surface area contributed by atoms with Gasteiger partial charge in [0.2, 0.25) is 5.91 Å². The van der Waals surface area contributed by atoms with Crippen LogP contribution in [0.3, 0.4) is 0 Å². The van der Waals surface area contributed by atoms with E-state index in [2.05, 4.69) is 15.5 Å². The molecule has 3 aromatic rings. The molecule has 0 saturated carbocycles. The first-order valence-corrected chi connectivity index (χ1v) is 9.92. The second-order valence-electron chi connectivity index (χ2n) is 5.89. The first-order valence-electron chi connectivity index (χ1n) is 8.16. The van der Waals surface area contributed by atoms with Crippen molar-refractivity contribution in [1.82, 2.24) is 10.1 Å². The molecule has 0 bridgehead atoms. The number of carbonyl (C=O) groups is 1. The zero-order valence-corrected chi connectivity index (χ0v) is 16.7.